The highest BCUT2D eigenvalue weighted by molar-refractivity contribution is 7.92. The van der Waals surface area contributed by atoms with Crippen LogP contribution in [-0.2, 0) is 16.4 Å². The summed E-state index contributed by atoms with van der Waals surface area (Å²) in [6.45, 7) is 3.84. The van der Waals surface area contributed by atoms with E-state index in [0.29, 0.717) is 5.82 Å². The fourth-order valence-corrected chi connectivity index (χ4v) is 2.93. The molecule has 0 aliphatic rings. The van der Waals surface area contributed by atoms with E-state index in [1.807, 2.05) is 19.9 Å². The van der Waals surface area contributed by atoms with Crippen LogP contribution in [0, 0.1) is 11.3 Å². The second kappa shape index (κ2) is 5.97. The number of nitriles is 1. The first-order chi connectivity index (χ1) is 9.94. The number of hydrogen-bond donors (Lipinski definition) is 1. The van der Waals surface area contributed by atoms with Crippen molar-refractivity contribution in [2.75, 3.05) is 4.72 Å². The number of sulfonamides is 1. The summed E-state index contributed by atoms with van der Waals surface area (Å²) in [7, 11) is -3.66. The lowest BCUT2D eigenvalue weighted by Gasteiger charge is -2.13. The Hall–Kier alpha value is -2.33. The van der Waals surface area contributed by atoms with Gasteiger partial charge in [-0.25, -0.2) is 13.1 Å². The smallest absolute Gasteiger partial charge is 0.263 e. The minimum atomic E-state index is -3.66. The molecule has 0 spiro atoms. The lowest BCUT2D eigenvalue weighted by atomic mass is 10.2. The minimum Gasteiger partial charge on any atom is -0.264 e. The van der Waals surface area contributed by atoms with Gasteiger partial charge in [-0.2, -0.15) is 10.4 Å². The average molecular weight is 304 g/mol. The minimum absolute atomic E-state index is 0.0516. The third-order valence-electron chi connectivity index (χ3n) is 2.92. The van der Waals surface area contributed by atoms with Crippen molar-refractivity contribution in [1.82, 2.24) is 9.78 Å². The second-order valence-electron chi connectivity index (χ2n) is 4.84. The number of nitrogens with zero attached hydrogens (tertiary/aromatic N) is 3. The SMILES string of the molecule is CC(C)n1nccc1NS(=O)(=O)c1ccc(CC#N)cc1. The first kappa shape index (κ1) is 15.1. The second-order valence-corrected chi connectivity index (χ2v) is 6.52. The van der Waals surface area contributed by atoms with Crippen molar-refractivity contribution >= 4 is 15.8 Å². The number of nitrogens with one attached hydrogen (secondary N) is 1. The van der Waals surface area contributed by atoms with E-state index in [2.05, 4.69) is 9.82 Å². The molecule has 0 bridgehead atoms. The standard InChI is InChI=1S/C14H16N4O2S/c1-11(2)18-14(8-10-16-18)17-21(19,20)13-5-3-12(4-6-13)7-9-15/h3-6,8,10-11,17H,7H2,1-2H3. The van der Waals surface area contributed by atoms with Gasteiger partial charge in [0.05, 0.1) is 23.6 Å². The van der Waals surface area contributed by atoms with Gasteiger partial charge in [0.2, 0.25) is 0 Å². The van der Waals surface area contributed by atoms with E-state index in [-0.39, 0.29) is 17.4 Å². The number of benzene rings is 1. The zero-order chi connectivity index (χ0) is 15.5. The van der Waals surface area contributed by atoms with Gasteiger partial charge in [0, 0.05) is 12.1 Å². The van der Waals surface area contributed by atoms with E-state index < -0.39 is 10.0 Å². The van der Waals surface area contributed by atoms with E-state index in [0.717, 1.165) is 5.56 Å². The highest BCUT2D eigenvalue weighted by Gasteiger charge is 2.17. The Labute approximate surface area is 124 Å². The van der Waals surface area contributed by atoms with Crippen LogP contribution < -0.4 is 4.72 Å². The molecule has 6 nitrogen and oxygen atoms in total. The topological polar surface area (TPSA) is 87.8 Å². The van der Waals surface area contributed by atoms with Crippen LogP contribution in [0.5, 0.6) is 0 Å². The van der Waals surface area contributed by atoms with Crippen LogP contribution in [0.25, 0.3) is 0 Å². The van der Waals surface area contributed by atoms with E-state index in [1.54, 1.807) is 29.1 Å². The first-order valence-corrected chi connectivity index (χ1v) is 7.94. The first-order valence-electron chi connectivity index (χ1n) is 6.46. The Balaban J connectivity index is 2.26. The average Bonchev–Trinajstić information content (AvgIpc) is 2.87. The largest absolute Gasteiger partial charge is 0.264 e. The predicted octanol–water partition coefficient (Wildman–Crippen LogP) is 2.33. The van der Waals surface area contributed by atoms with Crippen molar-refractivity contribution in [2.45, 2.75) is 31.2 Å². The summed E-state index contributed by atoms with van der Waals surface area (Å²) in [5.74, 6) is 0.422. The maximum atomic E-state index is 12.3. The number of aromatic nitrogens is 2. The molecule has 110 valence electrons. The van der Waals surface area contributed by atoms with Gasteiger partial charge in [0.1, 0.15) is 5.82 Å². The number of anilines is 1. The molecule has 0 atom stereocenters. The summed E-state index contributed by atoms with van der Waals surface area (Å²) in [6, 6.07) is 9.94. The molecule has 7 heteroatoms. The zero-order valence-corrected chi connectivity index (χ0v) is 12.6. The van der Waals surface area contributed by atoms with Gasteiger partial charge in [-0.3, -0.25) is 4.72 Å². The van der Waals surface area contributed by atoms with Crippen LogP contribution in [0.15, 0.2) is 41.4 Å². The van der Waals surface area contributed by atoms with Crippen molar-refractivity contribution in [3.8, 4) is 6.07 Å². The fraction of sp³-hybridized carbons (Fsp3) is 0.286. The van der Waals surface area contributed by atoms with Gasteiger partial charge in [-0.15, -0.1) is 0 Å². The Morgan fingerprint density at radius 3 is 2.52 bits per heavy atom. The Morgan fingerprint density at radius 2 is 1.95 bits per heavy atom. The molecule has 1 heterocycles. The van der Waals surface area contributed by atoms with Crippen molar-refractivity contribution in [2.24, 2.45) is 0 Å². The van der Waals surface area contributed by atoms with Crippen LogP contribution >= 0.6 is 0 Å². The third-order valence-corrected chi connectivity index (χ3v) is 4.29. The predicted molar refractivity (Wildman–Crippen MR) is 79.2 cm³/mol. The van der Waals surface area contributed by atoms with Gasteiger partial charge in [0.15, 0.2) is 0 Å². The Kier molecular flexibility index (Phi) is 4.29. The maximum absolute atomic E-state index is 12.3. The number of hydrogen-bond acceptors (Lipinski definition) is 4. The van der Waals surface area contributed by atoms with Crippen molar-refractivity contribution in [3.63, 3.8) is 0 Å². The molecule has 0 saturated carbocycles. The highest BCUT2D eigenvalue weighted by Crippen LogP contribution is 2.19. The zero-order valence-electron chi connectivity index (χ0n) is 11.8. The molecule has 0 fully saturated rings. The van der Waals surface area contributed by atoms with Gasteiger partial charge in [-0.1, -0.05) is 12.1 Å². The van der Waals surface area contributed by atoms with Crippen LogP contribution in [0.2, 0.25) is 0 Å². The molecule has 2 aromatic rings. The molecule has 0 saturated heterocycles. The normalized spacial score (nSPS) is 11.3. The van der Waals surface area contributed by atoms with Gasteiger partial charge < -0.3 is 0 Å². The maximum Gasteiger partial charge on any atom is 0.263 e. The summed E-state index contributed by atoms with van der Waals surface area (Å²) >= 11 is 0. The lowest BCUT2D eigenvalue weighted by Crippen LogP contribution is -2.17. The molecular formula is C14H16N4O2S. The van der Waals surface area contributed by atoms with Crippen molar-refractivity contribution in [1.29, 1.82) is 5.26 Å². The molecule has 0 aliphatic carbocycles. The molecule has 2 rings (SSSR count). The van der Waals surface area contributed by atoms with Crippen LogP contribution in [0.3, 0.4) is 0 Å². The number of rotatable bonds is 5. The van der Waals surface area contributed by atoms with E-state index in [9.17, 15) is 8.42 Å². The highest BCUT2D eigenvalue weighted by atomic mass is 32.2. The van der Waals surface area contributed by atoms with Gasteiger partial charge in [0.25, 0.3) is 10.0 Å². The molecule has 21 heavy (non-hydrogen) atoms. The van der Waals surface area contributed by atoms with E-state index in [4.69, 9.17) is 5.26 Å². The third kappa shape index (κ3) is 3.41. The summed E-state index contributed by atoms with van der Waals surface area (Å²) in [5, 5.41) is 12.7. The molecule has 1 N–H and O–H groups in total. The van der Waals surface area contributed by atoms with E-state index >= 15 is 0 Å². The fourth-order valence-electron chi connectivity index (χ4n) is 1.88. The molecular weight excluding hydrogens is 288 g/mol. The van der Waals surface area contributed by atoms with Gasteiger partial charge >= 0.3 is 0 Å². The van der Waals surface area contributed by atoms with Crippen LogP contribution in [0.1, 0.15) is 25.5 Å². The molecule has 1 aromatic heterocycles. The molecule has 1 aromatic carbocycles. The summed E-state index contributed by atoms with van der Waals surface area (Å²) in [5.41, 5.74) is 0.781. The van der Waals surface area contributed by atoms with E-state index in [1.165, 1.54) is 12.1 Å². The summed E-state index contributed by atoms with van der Waals surface area (Å²) in [4.78, 5) is 0.153. The quantitative estimate of drug-likeness (QED) is 0.918. The van der Waals surface area contributed by atoms with Gasteiger partial charge in [-0.05, 0) is 31.5 Å². The summed E-state index contributed by atoms with van der Waals surface area (Å²) < 4.78 is 28.8. The Bertz CT molecular complexity index is 755. The summed E-state index contributed by atoms with van der Waals surface area (Å²) in [6.07, 6.45) is 1.81. The molecule has 0 radical (unpaired) electrons. The molecule has 0 amide bonds. The molecule has 0 unspecified atom stereocenters. The van der Waals surface area contributed by atoms with Crippen LogP contribution in [0.4, 0.5) is 5.82 Å². The van der Waals surface area contributed by atoms with Crippen molar-refractivity contribution in [3.05, 3.63) is 42.1 Å². The van der Waals surface area contributed by atoms with Crippen molar-refractivity contribution < 1.29 is 8.42 Å². The Morgan fingerprint density at radius 1 is 1.29 bits per heavy atom. The van der Waals surface area contributed by atoms with Crippen LogP contribution in [-0.4, -0.2) is 18.2 Å². The molecule has 0 aliphatic heterocycles. The lowest BCUT2D eigenvalue weighted by molar-refractivity contribution is 0.539. The monoisotopic (exact) mass is 304 g/mol.